The van der Waals surface area contributed by atoms with E-state index in [1.54, 1.807) is 0 Å². The summed E-state index contributed by atoms with van der Waals surface area (Å²) in [4.78, 5) is 8.41. The largest absolute Gasteiger partial charge is 0.269 e. The third kappa shape index (κ3) is 3.97. The molecule has 0 aliphatic carbocycles. The molecule has 0 saturated heterocycles. The topological polar surface area (TPSA) is 67.4 Å². The predicted octanol–water partition coefficient (Wildman–Crippen LogP) is 3.70. The van der Waals surface area contributed by atoms with Gasteiger partial charge in [0.2, 0.25) is 0 Å². The summed E-state index contributed by atoms with van der Waals surface area (Å²) in [5.74, 6) is 6.10. The SMILES string of the molecule is CC.CC(C)n1ccc(C#Cc2ccc3ncc(C#N)nc3c2)n1. The Labute approximate surface area is 142 Å². The lowest BCUT2D eigenvalue weighted by atomic mass is 10.2. The third-order valence-electron chi connectivity index (χ3n) is 3.13. The quantitative estimate of drug-likeness (QED) is 0.642. The Morgan fingerprint density at radius 1 is 1.04 bits per heavy atom. The second-order valence-electron chi connectivity index (χ2n) is 5.10. The van der Waals surface area contributed by atoms with Crippen LogP contribution in [0.5, 0.6) is 0 Å². The first kappa shape index (κ1) is 17.2. The molecule has 5 heteroatoms. The van der Waals surface area contributed by atoms with Crippen LogP contribution in [0.4, 0.5) is 0 Å². The lowest BCUT2D eigenvalue weighted by Crippen LogP contribution is -2.00. The molecule has 2 aromatic heterocycles. The zero-order valence-electron chi connectivity index (χ0n) is 14.3. The summed E-state index contributed by atoms with van der Waals surface area (Å²) in [5, 5.41) is 13.3. The van der Waals surface area contributed by atoms with Crippen LogP contribution < -0.4 is 0 Å². The molecule has 1 aromatic carbocycles. The summed E-state index contributed by atoms with van der Waals surface area (Å²) >= 11 is 0. The number of nitriles is 1. The normalized spacial score (nSPS) is 9.67. The van der Waals surface area contributed by atoms with Gasteiger partial charge in [-0.1, -0.05) is 19.8 Å². The fourth-order valence-corrected chi connectivity index (χ4v) is 1.97. The van der Waals surface area contributed by atoms with Crippen molar-refractivity contribution in [3.8, 4) is 17.9 Å². The maximum Gasteiger partial charge on any atom is 0.159 e. The Hall–Kier alpha value is -3.18. The van der Waals surface area contributed by atoms with Gasteiger partial charge in [0, 0.05) is 17.8 Å². The van der Waals surface area contributed by atoms with E-state index >= 15 is 0 Å². The minimum Gasteiger partial charge on any atom is -0.269 e. The summed E-state index contributed by atoms with van der Waals surface area (Å²) in [6.45, 7) is 8.14. The van der Waals surface area contributed by atoms with E-state index in [0.29, 0.717) is 17.3 Å². The number of hydrogen-bond donors (Lipinski definition) is 0. The van der Waals surface area contributed by atoms with Crippen molar-refractivity contribution in [3.63, 3.8) is 0 Å². The van der Waals surface area contributed by atoms with E-state index in [1.807, 2.05) is 55.1 Å². The Morgan fingerprint density at radius 3 is 2.50 bits per heavy atom. The molecule has 0 unspecified atom stereocenters. The molecule has 0 radical (unpaired) electrons. The second kappa shape index (κ2) is 7.89. The van der Waals surface area contributed by atoms with Crippen molar-refractivity contribution in [2.75, 3.05) is 0 Å². The summed E-state index contributed by atoms with van der Waals surface area (Å²) in [7, 11) is 0. The Kier molecular flexibility index (Phi) is 5.65. The average molecular weight is 317 g/mol. The lowest BCUT2D eigenvalue weighted by molar-refractivity contribution is 0.531. The van der Waals surface area contributed by atoms with E-state index in [2.05, 4.69) is 40.8 Å². The standard InChI is InChI=1S/C17H13N5.C2H6/c1-12(2)22-8-7-14(21-22)5-3-13-4-6-16-17(9-13)20-15(10-18)11-19-16;1-2/h4,6-9,11-12H,1-2H3;1-2H3. The van der Waals surface area contributed by atoms with E-state index in [1.165, 1.54) is 6.20 Å². The van der Waals surface area contributed by atoms with Crippen molar-refractivity contribution in [1.82, 2.24) is 19.7 Å². The van der Waals surface area contributed by atoms with Gasteiger partial charge in [-0.15, -0.1) is 0 Å². The fraction of sp³-hybridized carbons (Fsp3) is 0.263. The summed E-state index contributed by atoms with van der Waals surface area (Å²) in [6, 6.07) is 9.75. The minimum atomic E-state index is 0.299. The molecule has 0 atom stereocenters. The smallest absolute Gasteiger partial charge is 0.159 e. The zero-order chi connectivity index (χ0) is 17.5. The van der Waals surface area contributed by atoms with Crippen LogP contribution in [-0.2, 0) is 0 Å². The number of fused-ring (bicyclic) bond motifs is 1. The third-order valence-corrected chi connectivity index (χ3v) is 3.13. The summed E-state index contributed by atoms with van der Waals surface area (Å²) < 4.78 is 1.87. The minimum absolute atomic E-state index is 0.299. The summed E-state index contributed by atoms with van der Waals surface area (Å²) in [6.07, 6.45) is 3.38. The van der Waals surface area contributed by atoms with Gasteiger partial charge in [-0.05, 0) is 44.0 Å². The van der Waals surface area contributed by atoms with Gasteiger partial charge in [0.05, 0.1) is 17.2 Å². The van der Waals surface area contributed by atoms with Crippen molar-refractivity contribution in [1.29, 1.82) is 5.26 Å². The van der Waals surface area contributed by atoms with Crippen molar-refractivity contribution >= 4 is 11.0 Å². The molecule has 3 rings (SSSR count). The molecule has 0 amide bonds. The molecular weight excluding hydrogens is 298 g/mol. The molecular formula is C19H19N5. The number of hydrogen-bond acceptors (Lipinski definition) is 4. The van der Waals surface area contributed by atoms with E-state index in [9.17, 15) is 0 Å². The Balaban J connectivity index is 0.00000100. The van der Waals surface area contributed by atoms with Crippen LogP contribution in [0.25, 0.3) is 11.0 Å². The van der Waals surface area contributed by atoms with Gasteiger partial charge in [0.15, 0.2) is 5.69 Å². The number of aromatic nitrogens is 4. The highest BCUT2D eigenvalue weighted by Gasteiger charge is 2.01. The first-order valence-corrected chi connectivity index (χ1v) is 7.90. The number of nitrogens with zero attached hydrogens (tertiary/aromatic N) is 5. The first-order valence-electron chi connectivity index (χ1n) is 7.90. The molecule has 5 nitrogen and oxygen atoms in total. The average Bonchev–Trinajstić information content (AvgIpc) is 3.10. The van der Waals surface area contributed by atoms with Crippen LogP contribution in [0, 0.1) is 23.2 Å². The van der Waals surface area contributed by atoms with Gasteiger partial charge in [-0.25, -0.2) is 4.98 Å². The highest BCUT2D eigenvalue weighted by Crippen LogP contribution is 2.11. The van der Waals surface area contributed by atoms with E-state index in [-0.39, 0.29) is 0 Å². The fourth-order valence-electron chi connectivity index (χ4n) is 1.97. The van der Waals surface area contributed by atoms with Crippen LogP contribution in [0.1, 0.15) is 50.7 Å². The molecule has 0 bridgehead atoms. The molecule has 0 spiro atoms. The van der Waals surface area contributed by atoms with Crippen LogP contribution in [-0.4, -0.2) is 19.7 Å². The maximum absolute atomic E-state index is 8.87. The molecule has 0 fully saturated rings. The zero-order valence-corrected chi connectivity index (χ0v) is 14.3. The predicted molar refractivity (Wildman–Crippen MR) is 94.2 cm³/mol. The van der Waals surface area contributed by atoms with Gasteiger partial charge in [-0.2, -0.15) is 10.4 Å². The van der Waals surface area contributed by atoms with Gasteiger partial charge >= 0.3 is 0 Å². The Bertz CT molecular complexity index is 936. The molecule has 2 heterocycles. The van der Waals surface area contributed by atoms with Crippen LogP contribution >= 0.6 is 0 Å². The van der Waals surface area contributed by atoms with Gasteiger partial charge in [0.25, 0.3) is 0 Å². The highest BCUT2D eigenvalue weighted by atomic mass is 15.3. The first-order chi connectivity index (χ1) is 11.7. The molecule has 0 aliphatic rings. The number of benzene rings is 1. The lowest BCUT2D eigenvalue weighted by Gasteiger charge is -2.02. The molecule has 3 aromatic rings. The molecule has 0 aliphatic heterocycles. The van der Waals surface area contributed by atoms with E-state index in [0.717, 1.165) is 16.8 Å². The van der Waals surface area contributed by atoms with Crippen LogP contribution in [0.15, 0.2) is 36.7 Å². The van der Waals surface area contributed by atoms with Gasteiger partial charge in [0.1, 0.15) is 11.8 Å². The van der Waals surface area contributed by atoms with Crippen molar-refractivity contribution in [3.05, 3.63) is 53.6 Å². The van der Waals surface area contributed by atoms with Crippen molar-refractivity contribution < 1.29 is 0 Å². The van der Waals surface area contributed by atoms with Crippen molar-refractivity contribution in [2.45, 2.75) is 33.7 Å². The molecule has 120 valence electrons. The highest BCUT2D eigenvalue weighted by molar-refractivity contribution is 5.76. The number of rotatable bonds is 1. The van der Waals surface area contributed by atoms with E-state index < -0.39 is 0 Å². The molecule has 0 saturated carbocycles. The van der Waals surface area contributed by atoms with Crippen LogP contribution in [0.2, 0.25) is 0 Å². The van der Waals surface area contributed by atoms with Gasteiger partial charge in [-0.3, -0.25) is 9.67 Å². The van der Waals surface area contributed by atoms with Gasteiger partial charge < -0.3 is 0 Å². The van der Waals surface area contributed by atoms with Crippen LogP contribution in [0.3, 0.4) is 0 Å². The monoisotopic (exact) mass is 317 g/mol. The van der Waals surface area contributed by atoms with Crippen molar-refractivity contribution in [2.24, 2.45) is 0 Å². The molecule has 24 heavy (non-hydrogen) atoms. The summed E-state index contributed by atoms with van der Waals surface area (Å²) in [5.41, 5.74) is 3.25. The second-order valence-corrected chi connectivity index (χ2v) is 5.10. The Morgan fingerprint density at radius 2 is 1.83 bits per heavy atom. The maximum atomic E-state index is 8.87. The molecule has 0 N–H and O–H groups in total. The van der Waals surface area contributed by atoms with E-state index in [4.69, 9.17) is 5.26 Å².